The Morgan fingerprint density at radius 2 is 1.76 bits per heavy atom. The number of carbonyl (C=O) groups is 2. The fourth-order valence-electron chi connectivity index (χ4n) is 3.96. The van der Waals surface area contributed by atoms with E-state index in [9.17, 15) is 18.0 Å². The maximum atomic E-state index is 12.7. The lowest BCUT2D eigenvalue weighted by Gasteiger charge is -2.27. The molecule has 4 rings (SSSR count). The van der Waals surface area contributed by atoms with Gasteiger partial charge in [0.1, 0.15) is 5.71 Å². The van der Waals surface area contributed by atoms with Gasteiger partial charge < -0.3 is 10.1 Å². The van der Waals surface area contributed by atoms with Gasteiger partial charge in [-0.25, -0.2) is 13.4 Å². The highest BCUT2D eigenvalue weighted by Gasteiger charge is 2.37. The number of amides is 2. The van der Waals surface area contributed by atoms with Crippen molar-refractivity contribution in [2.24, 2.45) is 5.10 Å². The van der Waals surface area contributed by atoms with Gasteiger partial charge in [0.05, 0.1) is 30.8 Å². The first-order valence-electron chi connectivity index (χ1n) is 11.0. The molecule has 2 aromatic rings. The molecule has 174 valence electrons. The number of hydrogen-bond donors (Lipinski definition) is 1. The zero-order valence-electron chi connectivity index (χ0n) is 18.3. The molecule has 9 heteroatoms. The van der Waals surface area contributed by atoms with Gasteiger partial charge in [-0.3, -0.25) is 9.59 Å². The Morgan fingerprint density at radius 1 is 1.03 bits per heavy atom. The van der Waals surface area contributed by atoms with Crippen LogP contribution >= 0.6 is 0 Å². The summed E-state index contributed by atoms with van der Waals surface area (Å²) < 4.78 is 29.3. The Balaban J connectivity index is 1.31. The van der Waals surface area contributed by atoms with Crippen molar-refractivity contribution in [2.75, 3.05) is 11.5 Å². The number of hydrazone groups is 1. The van der Waals surface area contributed by atoms with Crippen LogP contribution in [-0.4, -0.2) is 48.5 Å². The molecule has 2 amide bonds. The molecular formula is C24H27N3O5S. The standard InChI is InChI=1S/C24H27N3O5S/c28-23-10-9-22(26-27(23)21-11-12-33(30,31)17-21)24(29)25-14-19-7-4-8-20(13-19)16-32-15-18-5-2-1-3-6-18/h1-8,13,21H,9-12,14-17H2,(H,25,29). The summed E-state index contributed by atoms with van der Waals surface area (Å²) >= 11 is 0. The zero-order valence-corrected chi connectivity index (χ0v) is 19.1. The first-order chi connectivity index (χ1) is 15.9. The number of sulfone groups is 1. The predicted octanol–water partition coefficient (Wildman–Crippen LogP) is 2.19. The van der Waals surface area contributed by atoms with Gasteiger partial charge in [0.2, 0.25) is 5.91 Å². The third-order valence-corrected chi connectivity index (χ3v) is 7.45. The van der Waals surface area contributed by atoms with E-state index in [0.29, 0.717) is 26.2 Å². The minimum Gasteiger partial charge on any atom is -0.372 e. The molecule has 0 radical (unpaired) electrons. The van der Waals surface area contributed by atoms with Gasteiger partial charge in [0, 0.05) is 19.4 Å². The van der Waals surface area contributed by atoms with Crippen LogP contribution in [0.5, 0.6) is 0 Å². The van der Waals surface area contributed by atoms with E-state index < -0.39 is 15.9 Å². The Morgan fingerprint density at radius 3 is 2.52 bits per heavy atom. The van der Waals surface area contributed by atoms with Gasteiger partial charge in [0.25, 0.3) is 5.91 Å². The van der Waals surface area contributed by atoms with Crippen molar-refractivity contribution in [3.8, 4) is 0 Å². The summed E-state index contributed by atoms with van der Waals surface area (Å²) in [5, 5.41) is 8.27. The summed E-state index contributed by atoms with van der Waals surface area (Å²) in [7, 11) is -3.15. The fourth-order valence-corrected chi connectivity index (χ4v) is 5.65. The second kappa shape index (κ2) is 10.3. The normalized spacial score (nSPS) is 19.9. The van der Waals surface area contributed by atoms with E-state index in [4.69, 9.17) is 4.74 Å². The van der Waals surface area contributed by atoms with Crippen molar-refractivity contribution in [2.45, 2.75) is 45.1 Å². The third kappa shape index (κ3) is 6.27. The van der Waals surface area contributed by atoms with Crippen molar-refractivity contribution in [1.82, 2.24) is 10.3 Å². The van der Waals surface area contributed by atoms with Gasteiger partial charge >= 0.3 is 0 Å². The quantitative estimate of drug-likeness (QED) is 0.638. The average molecular weight is 470 g/mol. The molecule has 2 aliphatic rings. The van der Waals surface area contributed by atoms with Crippen molar-refractivity contribution in [3.63, 3.8) is 0 Å². The van der Waals surface area contributed by atoms with E-state index in [1.807, 2.05) is 54.6 Å². The number of ether oxygens (including phenoxy) is 1. The molecule has 33 heavy (non-hydrogen) atoms. The molecule has 0 saturated carbocycles. The summed E-state index contributed by atoms with van der Waals surface area (Å²) in [6.45, 7) is 1.31. The second-order valence-electron chi connectivity index (χ2n) is 8.32. The molecule has 1 unspecified atom stereocenters. The molecule has 0 spiro atoms. The van der Waals surface area contributed by atoms with Gasteiger partial charge in [-0.15, -0.1) is 0 Å². The zero-order chi connectivity index (χ0) is 23.3. The number of rotatable bonds is 8. The second-order valence-corrected chi connectivity index (χ2v) is 10.6. The summed E-state index contributed by atoms with van der Waals surface area (Å²) in [6, 6.07) is 17.2. The number of benzene rings is 2. The maximum absolute atomic E-state index is 12.7. The summed E-state index contributed by atoms with van der Waals surface area (Å²) in [4.78, 5) is 24.9. The third-order valence-electron chi connectivity index (χ3n) is 5.70. The van der Waals surface area contributed by atoms with E-state index in [2.05, 4.69) is 10.4 Å². The molecule has 1 fully saturated rings. The molecule has 0 bridgehead atoms. The lowest BCUT2D eigenvalue weighted by molar-refractivity contribution is -0.133. The van der Waals surface area contributed by atoms with Gasteiger partial charge in [-0.2, -0.15) is 5.10 Å². The van der Waals surface area contributed by atoms with Crippen LogP contribution in [0.2, 0.25) is 0 Å². The van der Waals surface area contributed by atoms with Gasteiger partial charge in [-0.05, 0) is 23.1 Å². The van der Waals surface area contributed by atoms with Crippen molar-refractivity contribution in [1.29, 1.82) is 0 Å². The van der Waals surface area contributed by atoms with Crippen LogP contribution in [0.4, 0.5) is 0 Å². The highest BCUT2D eigenvalue weighted by atomic mass is 32.2. The van der Waals surface area contributed by atoms with Crippen LogP contribution in [0.15, 0.2) is 59.7 Å². The largest absolute Gasteiger partial charge is 0.372 e. The first-order valence-corrected chi connectivity index (χ1v) is 12.8. The van der Waals surface area contributed by atoms with Gasteiger partial charge in [0.15, 0.2) is 9.84 Å². The maximum Gasteiger partial charge on any atom is 0.267 e. The lowest BCUT2D eigenvalue weighted by Crippen LogP contribution is -2.43. The smallest absolute Gasteiger partial charge is 0.267 e. The average Bonchev–Trinajstić information content (AvgIpc) is 3.18. The van der Waals surface area contributed by atoms with Crippen LogP contribution in [0.25, 0.3) is 0 Å². The summed E-state index contributed by atoms with van der Waals surface area (Å²) in [5.41, 5.74) is 3.29. The van der Waals surface area contributed by atoms with Crippen LogP contribution < -0.4 is 5.32 Å². The van der Waals surface area contributed by atoms with Crippen LogP contribution in [0.1, 0.15) is 36.0 Å². The molecular weight excluding hydrogens is 442 g/mol. The Hall–Kier alpha value is -3.04. The van der Waals surface area contributed by atoms with E-state index >= 15 is 0 Å². The first kappa shape index (κ1) is 23.1. The summed E-state index contributed by atoms with van der Waals surface area (Å²) in [5.74, 6) is -0.642. The van der Waals surface area contributed by atoms with E-state index in [0.717, 1.165) is 16.7 Å². The monoisotopic (exact) mass is 469 g/mol. The van der Waals surface area contributed by atoms with Crippen molar-refractivity contribution >= 4 is 27.4 Å². The fraction of sp³-hybridized carbons (Fsp3) is 0.375. The highest BCUT2D eigenvalue weighted by Crippen LogP contribution is 2.22. The van der Waals surface area contributed by atoms with E-state index in [1.165, 1.54) is 5.01 Å². The van der Waals surface area contributed by atoms with Crippen molar-refractivity contribution < 1.29 is 22.7 Å². The topological polar surface area (TPSA) is 105 Å². The molecule has 1 saturated heterocycles. The minimum absolute atomic E-state index is 0.0455. The highest BCUT2D eigenvalue weighted by molar-refractivity contribution is 7.91. The molecule has 1 atom stereocenters. The molecule has 0 aliphatic carbocycles. The van der Waals surface area contributed by atoms with Crippen LogP contribution in [0.3, 0.4) is 0 Å². The summed E-state index contributed by atoms with van der Waals surface area (Å²) in [6.07, 6.45) is 0.747. The molecule has 8 nitrogen and oxygen atoms in total. The van der Waals surface area contributed by atoms with E-state index in [-0.39, 0.29) is 41.9 Å². The number of carbonyl (C=O) groups excluding carboxylic acids is 2. The molecule has 2 aromatic carbocycles. The van der Waals surface area contributed by atoms with Crippen molar-refractivity contribution in [3.05, 3.63) is 71.3 Å². The number of nitrogens with zero attached hydrogens (tertiary/aromatic N) is 2. The number of nitrogens with one attached hydrogen (secondary N) is 1. The molecule has 2 heterocycles. The lowest BCUT2D eigenvalue weighted by atomic mass is 10.1. The predicted molar refractivity (Wildman–Crippen MR) is 124 cm³/mol. The number of hydrogen-bond acceptors (Lipinski definition) is 6. The van der Waals surface area contributed by atoms with Crippen LogP contribution in [0, 0.1) is 0 Å². The minimum atomic E-state index is -3.15. The Bertz CT molecular complexity index is 1150. The van der Waals surface area contributed by atoms with E-state index in [1.54, 1.807) is 0 Å². The Labute approximate surface area is 193 Å². The SMILES string of the molecule is O=C(NCc1cccc(COCc2ccccc2)c1)C1=NN(C2CCS(=O)(=O)C2)C(=O)CC1. The molecule has 0 aromatic heterocycles. The Kier molecular flexibility index (Phi) is 7.20. The van der Waals surface area contributed by atoms with Gasteiger partial charge in [-0.1, -0.05) is 54.6 Å². The molecule has 1 N–H and O–H groups in total. The molecule has 2 aliphatic heterocycles. The van der Waals surface area contributed by atoms with Crippen LogP contribution in [-0.2, 0) is 43.9 Å².